The number of nitrogens with one attached hydrogen (secondary N) is 1. The molecule has 2 fully saturated rings. The second-order valence-corrected chi connectivity index (χ2v) is 10.1. The van der Waals surface area contributed by atoms with Crippen LogP contribution in [-0.2, 0) is 0 Å². The van der Waals surface area contributed by atoms with E-state index in [4.69, 9.17) is 0 Å². The van der Waals surface area contributed by atoms with Crippen molar-refractivity contribution in [3.8, 4) is 11.1 Å². The first-order valence-electron chi connectivity index (χ1n) is 12.9. The van der Waals surface area contributed by atoms with E-state index >= 15 is 0 Å². The molecule has 6 heteroatoms. The van der Waals surface area contributed by atoms with Crippen LogP contribution in [0.3, 0.4) is 0 Å². The average molecular weight is 471 g/mol. The van der Waals surface area contributed by atoms with Crippen molar-refractivity contribution >= 4 is 17.2 Å². The number of pyridine rings is 1. The Bertz CT molecular complexity index is 1120. The number of hydrogen-bond acceptors (Lipinski definition) is 5. The van der Waals surface area contributed by atoms with Crippen LogP contribution in [0.5, 0.6) is 0 Å². The highest BCUT2D eigenvalue weighted by molar-refractivity contribution is 5.66. The van der Waals surface area contributed by atoms with E-state index in [0.717, 1.165) is 24.6 Å². The van der Waals surface area contributed by atoms with Crippen LogP contribution >= 0.6 is 0 Å². The van der Waals surface area contributed by atoms with Gasteiger partial charge in [0.1, 0.15) is 5.82 Å². The predicted octanol–water partition coefficient (Wildman–Crippen LogP) is 6.93. The van der Waals surface area contributed by atoms with Gasteiger partial charge in [-0.25, -0.2) is 4.98 Å². The van der Waals surface area contributed by atoms with E-state index in [2.05, 4.69) is 51.6 Å². The molecule has 5 rings (SSSR count). The van der Waals surface area contributed by atoms with Crippen LogP contribution in [0.15, 0.2) is 72.9 Å². The molecule has 1 aromatic heterocycles. The normalized spacial score (nSPS) is 22.5. The molecule has 1 aliphatic carbocycles. The third-order valence-corrected chi connectivity index (χ3v) is 7.69. The number of nitro groups is 1. The van der Waals surface area contributed by atoms with Crippen LogP contribution in [0.25, 0.3) is 11.1 Å². The molecular formula is C29H34N4O2. The highest BCUT2D eigenvalue weighted by Gasteiger charge is 2.30. The zero-order valence-corrected chi connectivity index (χ0v) is 20.2. The van der Waals surface area contributed by atoms with Gasteiger partial charge in [0.2, 0.25) is 0 Å². The predicted molar refractivity (Wildman–Crippen MR) is 142 cm³/mol. The van der Waals surface area contributed by atoms with E-state index in [9.17, 15) is 10.1 Å². The highest BCUT2D eigenvalue weighted by Crippen LogP contribution is 2.35. The van der Waals surface area contributed by atoms with Gasteiger partial charge in [-0.1, -0.05) is 43.2 Å². The Kier molecular flexibility index (Phi) is 7.26. The van der Waals surface area contributed by atoms with Gasteiger partial charge in [-0.3, -0.25) is 10.1 Å². The van der Waals surface area contributed by atoms with Gasteiger partial charge in [-0.05, 0) is 79.3 Å². The van der Waals surface area contributed by atoms with Crippen molar-refractivity contribution < 1.29 is 4.92 Å². The molecule has 182 valence electrons. The van der Waals surface area contributed by atoms with E-state index in [0.29, 0.717) is 17.9 Å². The van der Waals surface area contributed by atoms with Gasteiger partial charge in [0, 0.05) is 43.1 Å². The van der Waals surface area contributed by atoms with Crippen molar-refractivity contribution in [2.75, 3.05) is 23.3 Å². The Hall–Kier alpha value is -3.41. The number of non-ortho nitro benzene ring substituents is 1. The lowest BCUT2D eigenvalue weighted by atomic mass is 9.77. The van der Waals surface area contributed by atoms with E-state index in [1.54, 1.807) is 12.1 Å². The Balaban J connectivity index is 1.23. The molecule has 2 aromatic carbocycles. The number of anilines is 2. The molecule has 1 saturated heterocycles. The summed E-state index contributed by atoms with van der Waals surface area (Å²) in [6.45, 7) is 2.06. The minimum atomic E-state index is -0.330. The number of benzene rings is 2. The van der Waals surface area contributed by atoms with Gasteiger partial charge in [0.15, 0.2) is 0 Å². The molecule has 0 radical (unpaired) electrons. The van der Waals surface area contributed by atoms with Crippen molar-refractivity contribution in [2.45, 2.75) is 51.0 Å². The zero-order valence-electron chi connectivity index (χ0n) is 20.2. The van der Waals surface area contributed by atoms with Crippen molar-refractivity contribution in [3.05, 3.63) is 83.0 Å². The fourth-order valence-electron chi connectivity index (χ4n) is 5.89. The first-order valence-corrected chi connectivity index (χ1v) is 12.9. The molecule has 6 nitrogen and oxygen atoms in total. The number of nitro benzene ring substituents is 1. The van der Waals surface area contributed by atoms with Crippen molar-refractivity contribution in [1.82, 2.24) is 4.98 Å². The molecule has 2 heterocycles. The molecular weight excluding hydrogens is 436 g/mol. The van der Waals surface area contributed by atoms with Gasteiger partial charge < -0.3 is 10.2 Å². The summed E-state index contributed by atoms with van der Waals surface area (Å²) in [6.07, 6.45) is 10.6. The maximum atomic E-state index is 11.0. The summed E-state index contributed by atoms with van der Waals surface area (Å²) in [5.74, 6) is 2.27. The number of aromatic nitrogens is 1. The number of nitrogens with zero attached hydrogens (tertiary/aromatic N) is 3. The smallest absolute Gasteiger partial charge is 0.269 e. The lowest BCUT2D eigenvalue weighted by Crippen LogP contribution is -2.39. The number of hydrogen-bond donors (Lipinski definition) is 1. The minimum absolute atomic E-state index is 0.156. The van der Waals surface area contributed by atoms with Crippen LogP contribution in [0, 0.1) is 22.0 Å². The molecule has 0 bridgehead atoms. The van der Waals surface area contributed by atoms with E-state index in [1.165, 1.54) is 56.1 Å². The Morgan fingerprint density at radius 2 is 1.74 bits per heavy atom. The van der Waals surface area contributed by atoms with Gasteiger partial charge in [-0.15, -0.1) is 0 Å². The van der Waals surface area contributed by atoms with Gasteiger partial charge in [0.05, 0.1) is 4.92 Å². The maximum Gasteiger partial charge on any atom is 0.269 e. The quantitative estimate of drug-likeness (QED) is 0.299. The molecule has 0 unspecified atom stereocenters. The second-order valence-electron chi connectivity index (χ2n) is 10.1. The van der Waals surface area contributed by atoms with Crippen LogP contribution in [0.2, 0.25) is 0 Å². The average Bonchev–Trinajstić information content (AvgIpc) is 2.91. The Morgan fingerprint density at radius 3 is 2.54 bits per heavy atom. The monoisotopic (exact) mass is 470 g/mol. The lowest BCUT2D eigenvalue weighted by Gasteiger charge is -2.39. The van der Waals surface area contributed by atoms with Crippen molar-refractivity contribution in [2.24, 2.45) is 11.8 Å². The van der Waals surface area contributed by atoms with E-state index < -0.39 is 0 Å². The van der Waals surface area contributed by atoms with Crippen molar-refractivity contribution in [3.63, 3.8) is 0 Å². The summed E-state index contributed by atoms with van der Waals surface area (Å²) in [6, 6.07) is 22.2. The third-order valence-electron chi connectivity index (χ3n) is 7.69. The third kappa shape index (κ3) is 5.81. The van der Waals surface area contributed by atoms with Crippen LogP contribution in [0.1, 0.15) is 44.9 Å². The molecule has 3 aromatic rings. The summed E-state index contributed by atoms with van der Waals surface area (Å²) < 4.78 is 0. The standard InChI is InChI=1S/C29H34N4O2/c34-33(35)27-14-12-26(13-15-27)32-18-6-7-22(21-32)19-25-10-4-5-11-28(25)31-29-20-24(16-17-30-29)23-8-2-1-3-9-23/h1-3,8-9,12-17,20,22,25,28H,4-7,10-11,18-19,21H2,(H,30,31)/t22-,25+,28-/m1/s1. The molecule has 35 heavy (non-hydrogen) atoms. The fourth-order valence-corrected chi connectivity index (χ4v) is 5.89. The fraction of sp³-hybridized carbons (Fsp3) is 0.414. The lowest BCUT2D eigenvalue weighted by molar-refractivity contribution is -0.384. The van der Waals surface area contributed by atoms with Crippen LogP contribution in [-0.4, -0.2) is 29.0 Å². The summed E-state index contributed by atoms with van der Waals surface area (Å²) in [5.41, 5.74) is 3.66. The summed E-state index contributed by atoms with van der Waals surface area (Å²) in [4.78, 5) is 17.7. The first kappa shape index (κ1) is 23.3. The van der Waals surface area contributed by atoms with Crippen LogP contribution < -0.4 is 10.2 Å². The Labute approximate surface area is 207 Å². The molecule has 0 spiro atoms. The van der Waals surface area contributed by atoms with Crippen LogP contribution in [0.4, 0.5) is 17.2 Å². The SMILES string of the molecule is O=[N+]([O-])c1ccc(N2CCC[C@H](C[C@@H]3CCCC[C@H]3Nc3cc(-c4ccccc4)ccn3)C2)cc1. The van der Waals surface area contributed by atoms with E-state index in [-0.39, 0.29) is 10.6 Å². The first-order chi connectivity index (χ1) is 17.2. The van der Waals surface area contributed by atoms with Gasteiger partial charge in [-0.2, -0.15) is 0 Å². The molecule has 1 N–H and O–H groups in total. The second kappa shape index (κ2) is 10.9. The number of rotatable bonds is 7. The van der Waals surface area contributed by atoms with Gasteiger partial charge in [0.25, 0.3) is 5.69 Å². The maximum absolute atomic E-state index is 11.0. The number of piperidine rings is 1. The summed E-state index contributed by atoms with van der Waals surface area (Å²) in [7, 11) is 0. The topological polar surface area (TPSA) is 71.3 Å². The van der Waals surface area contributed by atoms with Crippen molar-refractivity contribution in [1.29, 1.82) is 0 Å². The van der Waals surface area contributed by atoms with Gasteiger partial charge >= 0.3 is 0 Å². The molecule has 3 atom stereocenters. The Morgan fingerprint density at radius 1 is 0.943 bits per heavy atom. The zero-order chi connectivity index (χ0) is 24.0. The molecule has 1 aliphatic heterocycles. The summed E-state index contributed by atoms with van der Waals surface area (Å²) in [5, 5.41) is 14.8. The molecule has 1 saturated carbocycles. The minimum Gasteiger partial charge on any atom is -0.371 e. The molecule has 0 amide bonds. The summed E-state index contributed by atoms with van der Waals surface area (Å²) >= 11 is 0. The molecule has 2 aliphatic rings. The largest absolute Gasteiger partial charge is 0.371 e. The van der Waals surface area contributed by atoms with E-state index in [1.807, 2.05) is 24.4 Å². The highest BCUT2D eigenvalue weighted by atomic mass is 16.6.